The third-order valence-electron chi connectivity index (χ3n) is 5.00. The van der Waals surface area contributed by atoms with Gasteiger partial charge in [-0.25, -0.2) is 4.79 Å². The van der Waals surface area contributed by atoms with Crippen molar-refractivity contribution in [3.05, 3.63) is 21.4 Å². The third kappa shape index (κ3) is 2.91. The SMILES string of the molecule is Cc1sc(C(=O)O)cc1CN1CCC2CCCCC2C1. The normalized spacial score (nSPS) is 27.2. The Hall–Kier alpha value is -0.870. The number of likely N-dealkylation sites (tertiary alicyclic amines) is 1. The molecule has 0 spiro atoms. The van der Waals surface area contributed by atoms with E-state index >= 15 is 0 Å². The van der Waals surface area contributed by atoms with Gasteiger partial charge in [0.15, 0.2) is 0 Å². The minimum absolute atomic E-state index is 0.477. The van der Waals surface area contributed by atoms with E-state index in [0.717, 1.165) is 23.3 Å². The fourth-order valence-electron chi connectivity index (χ4n) is 3.84. The molecule has 1 aromatic rings. The highest BCUT2D eigenvalue weighted by Gasteiger charge is 2.31. The maximum Gasteiger partial charge on any atom is 0.345 e. The molecule has 2 unspecified atom stereocenters. The molecule has 1 aliphatic carbocycles. The van der Waals surface area contributed by atoms with Crippen LogP contribution in [0.25, 0.3) is 0 Å². The molecule has 0 bridgehead atoms. The third-order valence-corrected chi connectivity index (χ3v) is 6.08. The van der Waals surface area contributed by atoms with Crippen molar-refractivity contribution in [1.29, 1.82) is 0 Å². The average molecular weight is 293 g/mol. The maximum absolute atomic E-state index is 11.0. The smallest absolute Gasteiger partial charge is 0.345 e. The number of aromatic carboxylic acids is 1. The van der Waals surface area contributed by atoms with Crippen LogP contribution in [0.3, 0.4) is 0 Å². The number of carboxylic acid groups (broad SMARTS) is 1. The summed E-state index contributed by atoms with van der Waals surface area (Å²) < 4.78 is 0. The quantitative estimate of drug-likeness (QED) is 0.922. The highest BCUT2D eigenvalue weighted by molar-refractivity contribution is 7.14. The number of carboxylic acids is 1. The minimum Gasteiger partial charge on any atom is -0.477 e. The lowest BCUT2D eigenvalue weighted by Crippen LogP contribution is -2.41. The Morgan fingerprint density at radius 1 is 1.35 bits per heavy atom. The number of carbonyl (C=O) groups is 1. The van der Waals surface area contributed by atoms with Crippen LogP contribution in [0.5, 0.6) is 0 Å². The van der Waals surface area contributed by atoms with Crippen LogP contribution in [0.4, 0.5) is 0 Å². The first-order chi connectivity index (χ1) is 9.63. The molecule has 4 heteroatoms. The fraction of sp³-hybridized carbons (Fsp3) is 0.688. The van der Waals surface area contributed by atoms with Crippen molar-refractivity contribution in [2.45, 2.75) is 45.6 Å². The molecular formula is C16H23NO2S. The topological polar surface area (TPSA) is 40.5 Å². The summed E-state index contributed by atoms with van der Waals surface area (Å²) in [6.07, 6.45) is 6.98. The van der Waals surface area contributed by atoms with Crippen molar-refractivity contribution in [1.82, 2.24) is 4.90 Å². The summed E-state index contributed by atoms with van der Waals surface area (Å²) in [5.74, 6) is 1.05. The zero-order valence-electron chi connectivity index (χ0n) is 12.1. The zero-order valence-corrected chi connectivity index (χ0v) is 12.9. The van der Waals surface area contributed by atoms with Gasteiger partial charge >= 0.3 is 5.97 Å². The molecule has 1 N–H and O–H groups in total. The summed E-state index contributed by atoms with van der Waals surface area (Å²) in [4.78, 5) is 15.2. The van der Waals surface area contributed by atoms with Gasteiger partial charge in [0.05, 0.1) is 0 Å². The van der Waals surface area contributed by atoms with Crippen LogP contribution < -0.4 is 0 Å². The molecule has 1 aromatic heterocycles. The number of rotatable bonds is 3. The Morgan fingerprint density at radius 3 is 2.80 bits per heavy atom. The first-order valence-corrected chi connectivity index (χ1v) is 8.50. The Morgan fingerprint density at radius 2 is 2.10 bits per heavy atom. The molecule has 1 saturated carbocycles. The number of aryl methyl sites for hydroxylation is 1. The van der Waals surface area contributed by atoms with Crippen molar-refractivity contribution < 1.29 is 9.90 Å². The molecule has 2 atom stereocenters. The van der Waals surface area contributed by atoms with Crippen LogP contribution in [-0.4, -0.2) is 29.1 Å². The Labute approximate surface area is 124 Å². The molecule has 0 amide bonds. The van der Waals surface area contributed by atoms with Crippen LogP contribution in [0.2, 0.25) is 0 Å². The molecule has 0 aromatic carbocycles. The zero-order chi connectivity index (χ0) is 14.1. The number of hydrogen-bond acceptors (Lipinski definition) is 3. The second kappa shape index (κ2) is 5.86. The molecule has 1 saturated heterocycles. The van der Waals surface area contributed by atoms with Gasteiger partial charge in [-0.05, 0) is 49.8 Å². The molecule has 2 aliphatic rings. The van der Waals surface area contributed by atoms with E-state index in [-0.39, 0.29) is 0 Å². The van der Waals surface area contributed by atoms with E-state index in [0.29, 0.717) is 4.88 Å². The van der Waals surface area contributed by atoms with E-state index in [9.17, 15) is 4.79 Å². The van der Waals surface area contributed by atoms with Gasteiger partial charge in [0.25, 0.3) is 0 Å². The highest BCUT2D eigenvalue weighted by Crippen LogP contribution is 2.36. The van der Waals surface area contributed by atoms with Gasteiger partial charge in [-0.2, -0.15) is 0 Å². The van der Waals surface area contributed by atoms with Crippen LogP contribution in [0.1, 0.15) is 52.2 Å². The summed E-state index contributed by atoms with van der Waals surface area (Å²) in [6, 6.07) is 1.87. The molecule has 110 valence electrons. The predicted octanol–water partition coefficient (Wildman–Crippen LogP) is 3.77. The van der Waals surface area contributed by atoms with E-state index < -0.39 is 5.97 Å². The fourth-order valence-corrected chi connectivity index (χ4v) is 4.72. The second-order valence-electron chi connectivity index (χ2n) is 6.33. The van der Waals surface area contributed by atoms with Crippen molar-refractivity contribution in [2.75, 3.05) is 13.1 Å². The summed E-state index contributed by atoms with van der Waals surface area (Å²) in [5.41, 5.74) is 1.21. The predicted molar refractivity (Wildman–Crippen MR) is 81.4 cm³/mol. The summed E-state index contributed by atoms with van der Waals surface area (Å²) in [6.45, 7) is 5.36. The van der Waals surface area contributed by atoms with Crippen molar-refractivity contribution in [2.24, 2.45) is 11.8 Å². The van der Waals surface area contributed by atoms with E-state index in [1.165, 1.54) is 62.1 Å². The Balaban J connectivity index is 1.64. The van der Waals surface area contributed by atoms with Crippen molar-refractivity contribution in [3.8, 4) is 0 Å². The van der Waals surface area contributed by atoms with Gasteiger partial charge in [0.1, 0.15) is 4.88 Å². The molecule has 0 radical (unpaired) electrons. The average Bonchev–Trinajstić information content (AvgIpc) is 2.80. The number of fused-ring (bicyclic) bond motifs is 1. The molecule has 2 fully saturated rings. The van der Waals surface area contributed by atoms with E-state index in [1.807, 2.05) is 13.0 Å². The first-order valence-electron chi connectivity index (χ1n) is 7.68. The monoisotopic (exact) mass is 293 g/mol. The lowest BCUT2D eigenvalue weighted by Gasteiger charge is -2.41. The van der Waals surface area contributed by atoms with Gasteiger partial charge in [-0.3, -0.25) is 4.90 Å². The Kier molecular flexibility index (Phi) is 4.13. The molecule has 2 heterocycles. The maximum atomic E-state index is 11.0. The highest BCUT2D eigenvalue weighted by atomic mass is 32.1. The molecule has 1 aliphatic heterocycles. The standard InChI is InChI=1S/C16H23NO2S/c1-11-14(8-15(20-11)16(18)19)10-17-7-6-12-4-2-3-5-13(12)9-17/h8,12-13H,2-7,9-10H2,1H3,(H,18,19). The number of thiophene rings is 1. The van der Waals surface area contributed by atoms with Crippen LogP contribution in [-0.2, 0) is 6.54 Å². The molecule has 20 heavy (non-hydrogen) atoms. The molecule has 3 rings (SSSR count). The van der Waals surface area contributed by atoms with E-state index in [1.54, 1.807) is 0 Å². The van der Waals surface area contributed by atoms with Gasteiger partial charge in [-0.1, -0.05) is 19.3 Å². The van der Waals surface area contributed by atoms with Crippen LogP contribution >= 0.6 is 11.3 Å². The summed E-state index contributed by atoms with van der Waals surface area (Å²) in [5, 5.41) is 9.08. The van der Waals surface area contributed by atoms with Crippen molar-refractivity contribution in [3.63, 3.8) is 0 Å². The lowest BCUT2D eigenvalue weighted by molar-refractivity contribution is 0.0701. The van der Waals surface area contributed by atoms with Gasteiger partial charge in [-0.15, -0.1) is 11.3 Å². The van der Waals surface area contributed by atoms with Gasteiger partial charge in [0.2, 0.25) is 0 Å². The Bertz CT molecular complexity index is 497. The van der Waals surface area contributed by atoms with Gasteiger partial charge in [0, 0.05) is 18.0 Å². The first kappa shape index (κ1) is 14.1. The second-order valence-corrected chi connectivity index (χ2v) is 7.58. The summed E-state index contributed by atoms with van der Waals surface area (Å²) in [7, 11) is 0. The number of piperidine rings is 1. The van der Waals surface area contributed by atoms with Crippen LogP contribution in [0.15, 0.2) is 6.07 Å². The number of hydrogen-bond donors (Lipinski definition) is 1. The van der Waals surface area contributed by atoms with Crippen molar-refractivity contribution >= 4 is 17.3 Å². The molecular weight excluding hydrogens is 270 g/mol. The lowest BCUT2D eigenvalue weighted by atomic mass is 9.75. The molecule has 3 nitrogen and oxygen atoms in total. The van der Waals surface area contributed by atoms with E-state index in [2.05, 4.69) is 4.90 Å². The minimum atomic E-state index is -0.796. The van der Waals surface area contributed by atoms with Crippen LogP contribution in [0, 0.1) is 18.8 Å². The largest absolute Gasteiger partial charge is 0.477 e. The summed E-state index contributed by atoms with van der Waals surface area (Å²) >= 11 is 1.41. The van der Waals surface area contributed by atoms with E-state index in [4.69, 9.17) is 5.11 Å². The number of nitrogens with zero attached hydrogens (tertiary/aromatic N) is 1. The van der Waals surface area contributed by atoms with Gasteiger partial charge < -0.3 is 5.11 Å².